The number of benzene rings is 5. The monoisotopic (exact) mass is 539 g/mol. The van der Waals surface area contributed by atoms with Gasteiger partial charge in [0.05, 0.1) is 17.0 Å². The Morgan fingerprint density at radius 3 is 1.67 bits per heavy atom. The lowest BCUT2D eigenvalue weighted by Gasteiger charge is -2.35. The molecule has 8 rings (SSSR count). The van der Waals surface area contributed by atoms with Crippen molar-refractivity contribution in [3.05, 3.63) is 137 Å². The first kappa shape index (κ1) is 25.4. The Kier molecular flexibility index (Phi) is 5.19. The van der Waals surface area contributed by atoms with Crippen molar-refractivity contribution in [2.45, 2.75) is 45.8 Å². The average molecular weight is 540 g/mol. The molecular weight excluding hydrogens is 505 g/mol. The summed E-state index contributed by atoms with van der Waals surface area (Å²) in [5.74, 6) is 0. The zero-order valence-electron chi connectivity index (χ0n) is 24.8. The van der Waals surface area contributed by atoms with Crippen molar-refractivity contribution in [2.75, 3.05) is 0 Å². The minimum atomic E-state index is -0.361. The van der Waals surface area contributed by atoms with Gasteiger partial charge in [0.1, 0.15) is 0 Å². The first-order valence-corrected chi connectivity index (χ1v) is 15.2. The lowest BCUT2D eigenvalue weighted by atomic mass is 9.41. The van der Waals surface area contributed by atoms with Gasteiger partial charge in [0.15, 0.2) is 6.71 Å². The smallest absolute Gasteiger partial charge is 0.177 e. The summed E-state index contributed by atoms with van der Waals surface area (Å²) in [7, 11) is 0. The number of nitrogens with zero attached hydrogens (tertiary/aromatic N) is 1. The second-order valence-electron chi connectivity index (χ2n) is 13.9. The molecule has 2 heteroatoms. The molecule has 1 saturated heterocycles. The molecule has 1 atom stereocenters. The molecule has 1 heterocycles. The van der Waals surface area contributed by atoms with Gasteiger partial charge in [-0.3, -0.25) is 0 Å². The van der Waals surface area contributed by atoms with Crippen LogP contribution in [0.1, 0.15) is 55.5 Å². The largest absolute Gasteiger partial charge is 0.192 e. The lowest BCUT2D eigenvalue weighted by molar-refractivity contribution is 0.177. The predicted octanol–water partition coefficient (Wildman–Crippen LogP) is 9.34. The summed E-state index contributed by atoms with van der Waals surface area (Å²) < 4.78 is 0. The SMILES string of the molecule is CC1(C)CB(c2cccc3c2-c2ccccc2C32c3ccccc3-c3c(-c4ccc(C#N)cc4)cccc32)CC1(C)C. The molecule has 5 aromatic rings. The minimum absolute atomic E-state index is 0.290. The molecule has 1 aliphatic heterocycles. The van der Waals surface area contributed by atoms with E-state index in [4.69, 9.17) is 0 Å². The van der Waals surface area contributed by atoms with E-state index in [1.165, 1.54) is 68.2 Å². The molecule has 2 aliphatic carbocycles. The number of fused-ring (bicyclic) bond motifs is 10. The maximum Gasteiger partial charge on any atom is 0.177 e. The van der Waals surface area contributed by atoms with Gasteiger partial charge in [-0.05, 0) is 78.6 Å². The van der Waals surface area contributed by atoms with Crippen molar-refractivity contribution in [1.82, 2.24) is 0 Å². The Balaban J connectivity index is 1.44. The molecule has 202 valence electrons. The normalized spacial score (nSPS) is 20.1. The molecule has 1 fully saturated rings. The van der Waals surface area contributed by atoms with Crippen LogP contribution in [0.15, 0.2) is 109 Å². The third kappa shape index (κ3) is 3.15. The number of rotatable bonds is 2. The third-order valence-corrected chi connectivity index (χ3v) is 11.3. The quantitative estimate of drug-likeness (QED) is 0.201. The second-order valence-corrected chi connectivity index (χ2v) is 13.9. The van der Waals surface area contributed by atoms with Gasteiger partial charge in [-0.2, -0.15) is 5.26 Å². The number of hydrogen-bond acceptors (Lipinski definition) is 1. The zero-order valence-corrected chi connectivity index (χ0v) is 24.8. The molecule has 0 saturated carbocycles. The fourth-order valence-corrected chi connectivity index (χ4v) is 8.65. The van der Waals surface area contributed by atoms with Crippen molar-refractivity contribution < 1.29 is 0 Å². The average Bonchev–Trinajstić information content (AvgIpc) is 3.56. The summed E-state index contributed by atoms with van der Waals surface area (Å²) in [6.45, 7) is 10.4. The molecule has 1 unspecified atom stereocenters. The highest BCUT2D eigenvalue weighted by atomic mass is 14.5. The number of nitriles is 1. The summed E-state index contributed by atoms with van der Waals surface area (Å²) in [6.07, 6.45) is 2.42. The molecule has 0 aromatic heterocycles. The van der Waals surface area contributed by atoms with E-state index in [1.807, 2.05) is 12.1 Å². The van der Waals surface area contributed by atoms with Gasteiger partial charge in [-0.15, -0.1) is 0 Å². The second kappa shape index (κ2) is 8.59. The third-order valence-electron chi connectivity index (χ3n) is 11.3. The highest BCUT2D eigenvalue weighted by Crippen LogP contribution is 2.64. The van der Waals surface area contributed by atoms with Gasteiger partial charge >= 0.3 is 0 Å². The van der Waals surface area contributed by atoms with Crippen LogP contribution in [0.2, 0.25) is 12.6 Å². The van der Waals surface area contributed by atoms with E-state index in [2.05, 4.69) is 131 Å². The van der Waals surface area contributed by atoms with Crippen molar-refractivity contribution >= 4 is 12.2 Å². The van der Waals surface area contributed by atoms with Crippen molar-refractivity contribution in [2.24, 2.45) is 10.8 Å². The van der Waals surface area contributed by atoms with Gasteiger partial charge < -0.3 is 0 Å². The minimum Gasteiger partial charge on any atom is -0.192 e. The van der Waals surface area contributed by atoms with Crippen LogP contribution in [-0.2, 0) is 5.41 Å². The Bertz CT molecular complexity index is 1940. The van der Waals surface area contributed by atoms with E-state index in [0.29, 0.717) is 23.1 Å². The van der Waals surface area contributed by atoms with E-state index in [1.54, 1.807) is 0 Å². The lowest BCUT2D eigenvalue weighted by Crippen LogP contribution is -2.31. The van der Waals surface area contributed by atoms with Crippen LogP contribution in [-0.4, -0.2) is 6.71 Å². The fraction of sp³-hybridized carbons (Fsp3) is 0.225. The molecule has 3 aliphatic rings. The summed E-state index contributed by atoms with van der Waals surface area (Å²) in [6, 6.07) is 42.6. The van der Waals surface area contributed by atoms with Crippen LogP contribution < -0.4 is 5.46 Å². The van der Waals surface area contributed by atoms with Gasteiger partial charge in [0.2, 0.25) is 0 Å². The maximum absolute atomic E-state index is 9.42. The van der Waals surface area contributed by atoms with Crippen LogP contribution in [0.3, 0.4) is 0 Å². The van der Waals surface area contributed by atoms with Crippen LogP contribution in [0.4, 0.5) is 0 Å². The van der Waals surface area contributed by atoms with Gasteiger partial charge in [0, 0.05) is 0 Å². The Hall–Kier alpha value is -4.35. The first-order chi connectivity index (χ1) is 20.3. The molecule has 0 N–H and O–H groups in total. The van der Waals surface area contributed by atoms with E-state index in [-0.39, 0.29) is 5.41 Å². The van der Waals surface area contributed by atoms with Crippen LogP contribution in [0.5, 0.6) is 0 Å². The predicted molar refractivity (Wildman–Crippen MR) is 175 cm³/mol. The fourth-order valence-electron chi connectivity index (χ4n) is 8.65. The van der Waals surface area contributed by atoms with Gasteiger partial charge in [0.25, 0.3) is 0 Å². The number of hydrogen-bond donors (Lipinski definition) is 0. The van der Waals surface area contributed by atoms with E-state index < -0.39 is 0 Å². The highest BCUT2D eigenvalue weighted by molar-refractivity contribution is 6.75. The van der Waals surface area contributed by atoms with Crippen LogP contribution in [0, 0.1) is 22.2 Å². The molecule has 0 bridgehead atoms. The molecular formula is C40H34BN. The molecule has 0 amide bonds. The van der Waals surface area contributed by atoms with Crippen molar-refractivity contribution in [3.63, 3.8) is 0 Å². The Labute approximate surface area is 250 Å². The first-order valence-electron chi connectivity index (χ1n) is 15.2. The van der Waals surface area contributed by atoms with E-state index in [0.717, 1.165) is 5.56 Å². The van der Waals surface area contributed by atoms with Gasteiger partial charge in [-0.25, -0.2) is 0 Å². The summed E-state index contributed by atoms with van der Waals surface area (Å²) in [5.41, 5.74) is 15.8. The van der Waals surface area contributed by atoms with Crippen LogP contribution >= 0.6 is 0 Å². The Morgan fingerprint density at radius 2 is 1.05 bits per heavy atom. The topological polar surface area (TPSA) is 23.8 Å². The van der Waals surface area contributed by atoms with Gasteiger partial charge in [-0.1, -0.05) is 143 Å². The standard InChI is InChI=1S/C40H34BN/c1-38(2)24-41(25-39(38,3)4)35-18-10-17-34-37(35)30-12-6-8-15-32(30)40(34)31-14-7-5-11-29(31)36-28(13-9-16-33(36)40)27-21-19-26(23-42)20-22-27/h5-22H,24-25H2,1-4H3. The summed E-state index contributed by atoms with van der Waals surface area (Å²) in [5, 5.41) is 9.42. The Morgan fingerprint density at radius 1 is 0.548 bits per heavy atom. The molecule has 1 spiro atoms. The highest BCUT2D eigenvalue weighted by Gasteiger charge is 2.54. The summed E-state index contributed by atoms with van der Waals surface area (Å²) in [4.78, 5) is 0. The molecule has 42 heavy (non-hydrogen) atoms. The van der Waals surface area contributed by atoms with Crippen molar-refractivity contribution in [1.29, 1.82) is 5.26 Å². The summed E-state index contributed by atoms with van der Waals surface area (Å²) >= 11 is 0. The molecule has 5 aromatic carbocycles. The van der Waals surface area contributed by atoms with E-state index >= 15 is 0 Å². The van der Waals surface area contributed by atoms with Crippen LogP contribution in [0.25, 0.3) is 33.4 Å². The van der Waals surface area contributed by atoms with E-state index in [9.17, 15) is 5.26 Å². The zero-order chi connectivity index (χ0) is 28.9. The maximum atomic E-state index is 9.42. The molecule has 1 nitrogen and oxygen atoms in total. The van der Waals surface area contributed by atoms with Crippen molar-refractivity contribution in [3.8, 4) is 39.4 Å². The molecule has 0 radical (unpaired) electrons.